The molecule has 128 valence electrons. The van der Waals surface area contributed by atoms with Crippen molar-refractivity contribution in [2.24, 2.45) is 0 Å². The number of hydrogen-bond donors (Lipinski definition) is 1. The maximum atomic E-state index is 12.3. The van der Waals surface area contributed by atoms with E-state index in [1.54, 1.807) is 12.1 Å². The number of fused-ring (bicyclic) bond motifs is 1. The molecule has 6 nitrogen and oxygen atoms in total. The van der Waals surface area contributed by atoms with Gasteiger partial charge in [0.2, 0.25) is 10.0 Å². The molecule has 0 spiro atoms. The highest BCUT2D eigenvalue weighted by molar-refractivity contribution is 7.92. The van der Waals surface area contributed by atoms with Gasteiger partial charge >= 0.3 is 0 Å². The molecule has 1 aromatic rings. The molecule has 1 aliphatic heterocycles. The zero-order chi connectivity index (χ0) is 17.2. The fraction of sp³-hybridized carbons (Fsp3) is 0.533. The second kappa shape index (κ2) is 6.97. The number of carbonyl (C=O) groups excluding carboxylic acids is 1. The minimum atomic E-state index is -3.55. The summed E-state index contributed by atoms with van der Waals surface area (Å²) < 4.78 is 30.9. The zero-order valence-corrected chi connectivity index (χ0v) is 14.9. The minimum absolute atomic E-state index is 0.00870. The summed E-state index contributed by atoms with van der Waals surface area (Å²) in [6.45, 7) is 3.87. The number of nitrogens with one attached hydrogen (secondary N) is 1. The van der Waals surface area contributed by atoms with Crippen LogP contribution in [0, 0.1) is 0 Å². The van der Waals surface area contributed by atoms with Crippen LogP contribution in [-0.2, 0) is 14.8 Å². The molecule has 1 aromatic carbocycles. The molecule has 1 amide bonds. The van der Waals surface area contributed by atoms with E-state index in [9.17, 15) is 13.2 Å². The number of carbonyl (C=O) groups is 1. The van der Waals surface area contributed by atoms with Crippen molar-refractivity contribution < 1.29 is 17.9 Å². The van der Waals surface area contributed by atoms with Crippen molar-refractivity contribution >= 4 is 33.2 Å². The highest BCUT2D eigenvalue weighted by Crippen LogP contribution is 2.37. The number of halogens is 1. The molecule has 23 heavy (non-hydrogen) atoms. The molecule has 0 aromatic heterocycles. The Morgan fingerprint density at radius 1 is 1.52 bits per heavy atom. The van der Waals surface area contributed by atoms with Crippen molar-refractivity contribution in [3.63, 3.8) is 0 Å². The summed E-state index contributed by atoms with van der Waals surface area (Å²) in [6, 6.07) is 4.70. The van der Waals surface area contributed by atoms with Gasteiger partial charge in [-0.25, -0.2) is 8.42 Å². The van der Waals surface area contributed by atoms with E-state index in [0.717, 1.165) is 23.4 Å². The summed E-state index contributed by atoms with van der Waals surface area (Å²) in [5.74, 6) is 0.00886. The SMILES string of the molecule is CCC[C@@H](C)NC(=O)[C@H]1CN(S(C)(=O)=O)c2cc(Cl)ccc2O1. The number of ether oxygens (including phenoxy) is 1. The summed E-state index contributed by atoms with van der Waals surface area (Å²) in [4.78, 5) is 12.3. The summed E-state index contributed by atoms with van der Waals surface area (Å²) in [7, 11) is -3.55. The van der Waals surface area contributed by atoms with Crippen LogP contribution in [-0.4, -0.2) is 39.3 Å². The van der Waals surface area contributed by atoms with Gasteiger partial charge in [0.05, 0.1) is 18.5 Å². The first-order valence-electron chi connectivity index (χ1n) is 7.46. The third kappa shape index (κ3) is 4.29. The smallest absolute Gasteiger partial charge is 0.263 e. The predicted octanol–water partition coefficient (Wildman–Crippen LogP) is 2.17. The molecule has 0 unspecified atom stereocenters. The van der Waals surface area contributed by atoms with E-state index in [0.29, 0.717) is 16.5 Å². The van der Waals surface area contributed by atoms with E-state index >= 15 is 0 Å². The standard InChI is InChI=1S/C15H21ClN2O4S/c1-4-5-10(2)17-15(19)14-9-18(23(3,20)21)12-8-11(16)6-7-13(12)22-14/h6-8,10,14H,4-5,9H2,1-3H3,(H,17,19)/t10-,14-/m1/s1. The molecule has 0 bridgehead atoms. The van der Waals surface area contributed by atoms with Crippen molar-refractivity contribution in [3.05, 3.63) is 23.2 Å². The van der Waals surface area contributed by atoms with Crippen LogP contribution >= 0.6 is 11.6 Å². The van der Waals surface area contributed by atoms with Gasteiger partial charge in [0.15, 0.2) is 6.10 Å². The Bertz CT molecular complexity index is 693. The molecule has 8 heteroatoms. The van der Waals surface area contributed by atoms with Crippen molar-refractivity contribution in [3.8, 4) is 5.75 Å². The number of amides is 1. The van der Waals surface area contributed by atoms with Crippen LogP contribution in [0.1, 0.15) is 26.7 Å². The molecule has 1 heterocycles. The maximum Gasteiger partial charge on any atom is 0.263 e. The first-order chi connectivity index (χ1) is 10.7. The van der Waals surface area contributed by atoms with Gasteiger partial charge < -0.3 is 10.1 Å². The Morgan fingerprint density at radius 2 is 2.22 bits per heavy atom. The average molecular weight is 361 g/mol. The van der Waals surface area contributed by atoms with Crippen LogP contribution in [0.4, 0.5) is 5.69 Å². The average Bonchev–Trinajstić information content (AvgIpc) is 2.45. The van der Waals surface area contributed by atoms with E-state index < -0.39 is 16.1 Å². The first kappa shape index (κ1) is 17.9. The topological polar surface area (TPSA) is 75.7 Å². The monoisotopic (exact) mass is 360 g/mol. The fourth-order valence-electron chi connectivity index (χ4n) is 2.52. The molecule has 0 fully saturated rings. The molecule has 0 saturated heterocycles. The Hall–Kier alpha value is -1.47. The van der Waals surface area contributed by atoms with Crippen LogP contribution in [0.25, 0.3) is 0 Å². The highest BCUT2D eigenvalue weighted by Gasteiger charge is 2.35. The lowest BCUT2D eigenvalue weighted by atomic mass is 10.1. The Balaban J connectivity index is 2.27. The third-order valence-corrected chi connectivity index (χ3v) is 4.98. The van der Waals surface area contributed by atoms with Crippen molar-refractivity contribution in [1.29, 1.82) is 0 Å². The fourth-order valence-corrected chi connectivity index (χ4v) is 3.59. The first-order valence-corrected chi connectivity index (χ1v) is 9.69. The van der Waals surface area contributed by atoms with Gasteiger partial charge in [-0.15, -0.1) is 0 Å². The Morgan fingerprint density at radius 3 is 2.83 bits per heavy atom. The molecule has 0 radical (unpaired) electrons. The van der Waals surface area contributed by atoms with Gasteiger partial charge in [0.1, 0.15) is 5.75 Å². The number of hydrogen-bond acceptors (Lipinski definition) is 4. The summed E-state index contributed by atoms with van der Waals surface area (Å²) in [6.07, 6.45) is 2.00. The maximum absolute atomic E-state index is 12.3. The third-order valence-electron chi connectivity index (χ3n) is 3.59. The van der Waals surface area contributed by atoms with E-state index in [1.165, 1.54) is 6.07 Å². The van der Waals surface area contributed by atoms with Gasteiger partial charge in [0.25, 0.3) is 5.91 Å². The van der Waals surface area contributed by atoms with Gasteiger partial charge in [-0.3, -0.25) is 9.10 Å². The molecule has 1 N–H and O–H groups in total. The molecule has 0 saturated carbocycles. The van der Waals surface area contributed by atoms with Crippen molar-refractivity contribution in [2.45, 2.75) is 38.8 Å². The van der Waals surface area contributed by atoms with Crippen LogP contribution in [0.15, 0.2) is 18.2 Å². The van der Waals surface area contributed by atoms with E-state index in [1.807, 2.05) is 13.8 Å². The molecular weight excluding hydrogens is 340 g/mol. The lowest BCUT2D eigenvalue weighted by Crippen LogP contribution is -2.52. The molecule has 1 aliphatic rings. The zero-order valence-electron chi connectivity index (χ0n) is 13.4. The highest BCUT2D eigenvalue weighted by atomic mass is 35.5. The van der Waals surface area contributed by atoms with Crippen molar-refractivity contribution in [2.75, 3.05) is 17.1 Å². The number of anilines is 1. The van der Waals surface area contributed by atoms with Crippen molar-refractivity contribution in [1.82, 2.24) is 5.32 Å². The van der Waals surface area contributed by atoms with Crippen LogP contribution in [0.2, 0.25) is 5.02 Å². The van der Waals surface area contributed by atoms with E-state index in [2.05, 4.69) is 5.32 Å². The number of sulfonamides is 1. The van der Waals surface area contributed by atoms with Crippen LogP contribution < -0.4 is 14.4 Å². The number of nitrogens with zero attached hydrogens (tertiary/aromatic N) is 1. The van der Waals surface area contributed by atoms with Gasteiger partial charge in [-0.2, -0.15) is 0 Å². The quantitative estimate of drug-likeness (QED) is 0.873. The Kier molecular flexibility index (Phi) is 5.41. The molecule has 2 rings (SSSR count). The van der Waals surface area contributed by atoms with E-state index in [-0.39, 0.29) is 18.5 Å². The van der Waals surface area contributed by atoms with E-state index in [4.69, 9.17) is 16.3 Å². The minimum Gasteiger partial charge on any atom is -0.476 e. The second-order valence-electron chi connectivity index (χ2n) is 5.71. The Labute approximate surface area is 141 Å². The van der Waals surface area contributed by atoms with Crippen LogP contribution in [0.5, 0.6) is 5.75 Å². The number of benzene rings is 1. The molecule has 2 atom stereocenters. The predicted molar refractivity (Wildman–Crippen MR) is 90.6 cm³/mol. The van der Waals surface area contributed by atoms with Gasteiger partial charge in [0, 0.05) is 11.1 Å². The molecule has 0 aliphatic carbocycles. The summed E-state index contributed by atoms with van der Waals surface area (Å²) >= 11 is 5.94. The normalized spacial score (nSPS) is 18.8. The van der Waals surface area contributed by atoms with Gasteiger partial charge in [-0.05, 0) is 31.5 Å². The summed E-state index contributed by atoms with van der Waals surface area (Å²) in [5, 5.41) is 3.26. The second-order valence-corrected chi connectivity index (χ2v) is 8.05. The lowest BCUT2D eigenvalue weighted by Gasteiger charge is -2.34. The largest absolute Gasteiger partial charge is 0.476 e. The molecular formula is C15H21ClN2O4S. The number of rotatable bonds is 5. The lowest BCUT2D eigenvalue weighted by molar-refractivity contribution is -0.128. The summed E-state index contributed by atoms with van der Waals surface area (Å²) in [5.41, 5.74) is 0.352. The van der Waals surface area contributed by atoms with Crippen LogP contribution in [0.3, 0.4) is 0 Å². The van der Waals surface area contributed by atoms with Gasteiger partial charge in [-0.1, -0.05) is 24.9 Å².